The minimum absolute atomic E-state index is 0.113. The van der Waals surface area contributed by atoms with Crippen LogP contribution >= 0.6 is 11.3 Å². The van der Waals surface area contributed by atoms with Crippen molar-refractivity contribution in [3.63, 3.8) is 0 Å². The maximum Gasteiger partial charge on any atom is 0.263 e. The molecule has 2 N–H and O–H groups in total. The lowest BCUT2D eigenvalue weighted by Gasteiger charge is -2.06. The van der Waals surface area contributed by atoms with Crippen LogP contribution < -0.4 is 10.0 Å². The van der Waals surface area contributed by atoms with E-state index < -0.39 is 10.0 Å². The number of anilines is 2. The Morgan fingerprint density at radius 3 is 2.81 bits per heavy atom. The van der Waals surface area contributed by atoms with E-state index >= 15 is 0 Å². The molecule has 0 atom stereocenters. The molecule has 0 spiro atoms. The Balaban J connectivity index is 1.53. The van der Waals surface area contributed by atoms with E-state index in [1.807, 2.05) is 36.4 Å². The predicted octanol–water partition coefficient (Wildman–Crippen LogP) is 3.74. The zero-order chi connectivity index (χ0) is 18.6. The number of rotatable bonds is 3. The van der Waals surface area contributed by atoms with Gasteiger partial charge in [-0.2, -0.15) is 0 Å². The number of aromatic nitrogens is 1. The zero-order valence-electron chi connectivity index (χ0n) is 13.9. The molecule has 2 heterocycles. The maximum atomic E-state index is 12.8. The van der Waals surface area contributed by atoms with Gasteiger partial charge in [-0.05, 0) is 35.2 Å². The highest BCUT2D eigenvalue weighted by Crippen LogP contribution is 2.33. The summed E-state index contributed by atoms with van der Waals surface area (Å²) in [6.45, 7) is 0. The normalized spacial score (nSPS) is 13.7. The van der Waals surface area contributed by atoms with Gasteiger partial charge >= 0.3 is 0 Å². The van der Waals surface area contributed by atoms with Gasteiger partial charge in [0.1, 0.15) is 0 Å². The molecule has 6 nitrogen and oxygen atoms in total. The summed E-state index contributed by atoms with van der Waals surface area (Å²) in [4.78, 5) is 16.1. The largest absolute Gasteiger partial charge is 0.326 e. The summed E-state index contributed by atoms with van der Waals surface area (Å²) in [7, 11) is -3.79. The molecule has 0 fully saturated rings. The summed E-state index contributed by atoms with van der Waals surface area (Å²) in [6.07, 6.45) is 0.186. The SMILES string of the molecule is O=C1Cc2cc(S(=O)(=O)Nc3nc4c(ccc5ccccc54)s3)ccc2N1. The predicted molar refractivity (Wildman–Crippen MR) is 107 cm³/mol. The van der Waals surface area contributed by atoms with Crippen molar-refractivity contribution in [1.29, 1.82) is 0 Å². The summed E-state index contributed by atoms with van der Waals surface area (Å²) in [6, 6.07) is 16.4. The number of hydrogen-bond acceptors (Lipinski definition) is 5. The fourth-order valence-corrected chi connectivity index (χ4v) is 5.42. The van der Waals surface area contributed by atoms with E-state index in [0.717, 1.165) is 21.0 Å². The van der Waals surface area contributed by atoms with Crippen molar-refractivity contribution >= 4 is 59.1 Å². The first-order chi connectivity index (χ1) is 13.0. The topological polar surface area (TPSA) is 88.2 Å². The molecule has 1 aromatic heterocycles. The van der Waals surface area contributed by atoms with Crippen LogP contribution in [0.15, 0.2) is 59.5 Å². The Kier molecular flexibility index (Phi) is 3.46. The van der Waals surface area contributed by atoms with Gasteiger partial charge < -0.3 is 5.32 Å². The second kappa shape index (κ2) is 5.77. The molecule has 5 rings (SSSR count). The van der Waals surface area contributed by atoms with Gasteiger partial charge in [0.15, 0.2) is 5.13 Å². The highest BCUT2D eigenvalue weighted by molar-refractivity contribution is 7.93. The third kappa shape index (κ3) is 2.73. The van der Waals surface area contributed by atoms with Crippen LogP contribution in [-0.2, 0) is 21.2 Å². The summed E-state index contributed by atoms with van der Waals surface area (Å²) >= 11 is 1.29. The molecule has 4 aromatic rings. The molecular formula is C19H13N3O3S2. The molecule has 0 radical (unpaired) electrons. The fourth-order valence-electron chi connectivity index (χ4n) is 3.25. The molecule has 0 saturated heterocycles. The Bertz CT molecular complexity index is 1340. The number of nitrogens with one attached hydrogen (secondary N) is 2. The molecule has 3 aromatic carbocycles. The Labute approximate surface area is 158 Å². The van der Waals surface area contributed by atoms with E-state index in [0.29, 0.717) is 16.4 Å². The van der Waals surface area contributed by atoms with Gasteiger partial charge in [0.2, 0.25) is 5.91 Å². The van der Waals surface area contributed by atoms with Crippen LogP contribution in [-0.4, -0.2) is 19.3 Å². The lowest BCUT2D eigenvalue weighted by molar-refractivity contribution is -0.115. The summed E-state index contributed by atoms with van der Waals surface area (Å²) in [5.41, 5.74) is 2.11. The lowest BCUT2D eigenvalue weighted by atomic mass is 10.1. The lowest BCUT2D eigenvalue weighted by Crippen LogP contribution is -2.12. The van der Waals surface area contributed by atoms with E-state index in [1.165, 1.54) is 23.5 Å². The summed E-state index contributed by atoms with van der Waals surface area (Å²) < 4.78 is 29.0. The van der Waals surface area contributed by atoms with Gasteiger partial charge in [-0.25, -0.2) is 13.4 Å². The van der Waals surface area contributed by atoms with Crippen molar-refractivity contribution in [2.24, 2.45) is 0 Å². The summed E-state index contributed by atoms with van der Waals surface area (Å²) in [5, 5.41) is 5.05. The minimum Gasteiger partial charge on any atom is -0.326 e. The van der Waals surface area contributed by atoms with Gasteiger partial charge in [0.25, 0.3) is 10.0 Å². The first-order valence-corrected chi connectivity index (χ1v) is 10.5. The van der Waals surface area contributed by atoms with Crippen molar-refractivity contribution in [3.8, 4) is 0 Å². The highest BCUT2D eigenvalue weighted by atomic mass is 32.2. The number of thiazole rings is 1. The van der Waals surface area contributed by atoms with E-state index in [2.05, 4.69) is 15.0 Å². The first kappa shape index (κ1) is 16.2. The average Bonchev–Trinajstić information content (AvgIpc) is 3.22. The molecular weight excluding hydrogens is 382 g/mol. The molecule has 134 valence electrons. The van der Waals surface area contributed by atoms with E-state index in [-0.39, 0.29) is 17.2 Å². The van der Waals surface area contributed by atoms with Gasteiger partial charge in [-0.15, -0.1) is 0 Å². The second-order valence-corrected chi connectivity index (χ2v) is 9.01. The standard InChI is InChI=1S/C19H13N3O3S2/c23-17-10-12-9-13(6-7-15(12)20-17)27(24,25)22-19-21-18-14-4-2-1-3-11(14)5-8-16(18)26-19/h1-9H,10H2,(H,20,23)(H,21,22). The Hall–Kier alpha value is -2.97. The number of nitrogens with zero attached hydrogens (tertiary/aromatic N) is 1. The van der Waals surface area contributed by atoms with E-state index in [1.54, 1.807) is 6.07 Å². The van der Waals surface area contributed by atoms with E-state index in [9.17, 15) is 13.2 Å². The third-order valence-corrected chi connectivity index (χ3v) is 6.92. The van der Waals surface area contributed by atoms with Crippen molar-refractivity contribution in [2.45, 2.75) is 11.3 Å². The van der Waals surface area contributed by atoms with Crippen LogP contribution in [0.2, 0.25) is 0 Å². The quantitative estimate of drug-likeness (QED) is 0.553. The Morgan fingerprint density at radius 2 is 1.93 bits per heavy atom. The van der Waals surface area contributed by atoms with Crippen LogP contribution in [0.4, 0.5) is 10.8 Å². The van der Waals surface area contributed by atoms with Crippen molar-refractivity contribution < 1.29 is 13.2 Å². The number of carbonyl (C=O) groups is 1. The van der Waals surface area contributed by atoms with Crippen LogP contribution in [0.25, 0.3) is 21.0 Å². The van der Waals surface area contributed by atoms with Crippen LogP contribution in [0.1, 0.15) is 5.56 Å². The smallest absolute Gasteiger partial charge is 0.263 e. The zero-order valence-corrected chi connectivity index (χ0v) is 15.5. The van der Waals surface area contributed by atoms with Crippen molar-refractivity contribution in [2.75, 3.05) is 10.0 Å². The minimum atomic E-state index is -3.79. The van der Waals surface area contributed by atoms with Crippen LogP contribution in [0.3, 0.4) is 0 Å². The first-order valence-electron chi connectivity index (χ1n) is 8.23. The second-order valence-electron chi connectivity index (χ2n) is 6.30. The monoisotopic (exact) mass is 395 g/mol. The fraction of sp³-hybridized carbons (Fsp3) is 0.0526. The molecule has 1 aliphatic rings. The highest BCUT2D eigenvalue weighted by Gasteiger charge is 2.23. The molecule has 1 aliphatic heterocycles. The number of hydrogen-bond donors (Lipinski definition) is 2. The molecule has 0 bridgehead atoms. The molecule has 0 unspecified atom stereocenters. The third-order valence-electron chi connectivity index (χ3n) is 4.52. The van der Waals surface area contributed by atoms with Gasteiger partial charge in [0.05, 0.1) is 21.5 Å². The number of benzene rings is 3. The van der Waals surface area contributed by atoms with Gasteiger partial charge in [0, 0.05) is 11.1 Å². The molecule has 0 aliphatic carbocycles. The van der Waals surface area contributed by atoms with Crippen LogP contribution in [0.5, 0.6) is 0 Å². The number of carbonyl (C=O) groups excluding carboxylic acids is 1. The molecule has 1 amide bonds. The van der Waals surface area contributed by atoms with Crippen molar-refractivity contribution in [1.82, 2.24) is 4.98 Å². The van der Waals surface area contributed by atoms with Crippen LogP contribution in [0, 0.1) is 0 Å². The van der Waals surface area contributed by atoms with Gasteiger partial charge in [-0.3, -0.25) is 9.52 Å². The number of fused-ring (bicyclic) bond motifs is 4. The van der Waals surface area contributed by atoms with Crippen molar-refractivity contribution in [3.05, 3.63) is 60.2 Å². The molecule has 27 heavy (non-hydrogen) atoms. The number of sulfonamides is 1. The average molecular weight is 395 g/mol. The number of amides is 1. The molecule has 8 heteroatoms. The van der Waals surface area contributed by atoms with E-state index in [4.69, 9.17) is 0 Å². The molecule has 0 saturated carbocycles. The Morgan fingerprint density at radius 1 is 1.07 bits per heavy atom. The van der Waals surface area contributed by atoms with Gasteiger partial charge in [-0.1, -0.05) is 41.7 Å². The maximum absolute atomic E-state index is 12.8. The summed E-state index contributed by atoms with van der Waals surface area (Å²) in [5.74, 6) is -0.134.